The molecule has 0 unspecified atom stereocenters. The van der Waals surface area contributed by atoms with Gasteiger partial charge in [0.2, 0.25) is 0 Å². The lowest BCUT2D eigenvalue weighted by molar-refractivity contribution is 0.356. The fourth-order valence-electron chi connectivity index (χ4n) is 2.26. The van der Waals surface area contributed by atoms with Crippen molar-refractivity contribution in [1.82, 2.24) is 0 Å². The number of nitrogens with two attached hydrogens (primary N) is 1. The fourth-order valence-corrected chi connectivity index (χ4v) is 2.26. The van der Waals surface area contributed by atoms with Crippen molar-refractivity contribution < 1.29 is 9.47 Å². The zero-order valence-electron chi connectivity index (χ0n) is 11.8. The highest BCUT2D eigenvalue weighted by Gasteiger charge is 2.13. The average molecular weight is 294 g/mol. The van der Waals surface area contributed by atoms with Gasteiger partial charge in [0.1, 0.15) is 0 Å². The van der Waals surface area contributed by atoms with E-state index in [4.69, 9.17) is 15.2 Å². The van der Waals surface area contributed by atoms with Gasteiger partial charge in [0, 0.05) is 5.56 Å². The van der Waals surface area contributed by atoms with Crippen LogP contribution in [0.3, 0.4) is 0 Å². The van der Waals surface area contributed by atoms with E-state index in [1.165, 1.54) is 5.56 Å². The third-order valence-corrected chi connectivity index (χ3v) is 3.12. The zero-order chi connectivity index (χ0) is 13.7. The monoisotopic (exact) mass is 293 g/mol. The van der Waals surface area contributed by atoms with Crippen LogP contribution in [0.1, 0.15) is 5.56 Å². The molecule has 20 heavy (non-hydrogen) atoms. The second-order valence-corrected chi connectivity index (χ2v) is 4.24. The molecule has 108 valence electrons. The molecule has 0 bridgehead atoms. The van der Waals surface area contributed by atoms with Gasteiger partial charge < -0.3 is 15.2 Å². The summed E-state index contributed by atoms with van der Waals surface area (Å²) in [5.74, 6) is 1.50. The zero-order valence-corrected chi connectivity index (χ0v) is 12.6. The number of rotatable bonds is 5. The summed E-state index contributed by atoms with van der Waals surface area (Å²) in [6.45, 7) is 0.628. The van der Waals surface area contributed by atoms with Gasteiger partial charge in [-0.1, -0.05) is 36.4 Å². The summed E-state index contributed by atoms with van der Waals surface area (Å²) in [5, 5.41) is 0. The Balaban J connectivity index is 0.00000200. The lowest BCUT2D eigenvalue weighted by atomic mass is 9.96. The van der Waals surface area contributed by atoms with Gasteiger partial charge in [0.15, 0.2) is 11.5 Å². The minimum absolute atomic E-state index is 0. The SMILES string of the molecule is COc1cccc(-c2ccccc2CCN)c1OC.Cl. The summed E-state index contributed by atoms with van der Waals surface area (Å²) in [7, 11) is 3.31. The fraction of sp³-hybridized carbons (Fsp3) is 0.250. The van der Waals surface area contributed by atoms with Crippen LogP contribution in [0.4, 0.5) is 0 Å². The molecule has 0 aliphatic carbocycles. The smallest absolute Gasteiger partial charge is 0.168 e. The highest BCUT2D eigenvalue weighted by Crippen LogP contribution is 2.39. The van der Waals surface area contributed by atoms with Gasteiger partial charge in [-0.05, 0) is 30.2 Å². The molecule has 2 aromatic carbocycles. The van der Waals surface area contributed by atoms with Gasteiger partial charge >= 0.3 is 0 Å². The summed E-state index contributed by atoms with van der Waals surface area (Å²) in [5.41, 5.74) is 9.07. The van der Waals surface area contributed by atoms with Gasteiger partial charge in [0.05, 0.1) is 14.2 Å². The molecule has 0 fully saturated rings. The van der Waals surface area contributed by atoms with Crippen LogP contribution in [0, 0.1) is 0 Å². The molecule has 2 N–H and O–H groups in total. The second kappa shape index (κ2) is 7.78. The third-order valence-electron chi connectivity index (χ3n) is 3.12. The van der Waals surface area contributed by atoms with Gasteiger partial charge in [-0.2, -0.15) is 0 Å². The molecule has 4 heteroatoms. The number of para-hydroxylation sites is 1. The number of ether oxygens (including phenoxy) is 2. The van der Waals surface area contributed by atoms with E-state index >= 15 is 0 Å². The van der Waals surface area contributed by atoms with Gasteiger partial charge in [0.25, 0.3) is 0 Å². The van der Waals surface area contributed by atoms with E-state index in [0.29, 0.717) is 6.54 Å². The minimum Gasteiger partial charge on any atom is -0.493 e. The lowest BCUT2D eigenvalue weighted by Crippen LogP contribution is -2.04. The number of methoxy groups -OCH3 is 2. The number of halogens is 1. The first kappa shape index (κ1) is 16.3. The van der Waals surface area contributed by atoms with Crippen LogP contribution in [0.5, 0.6) is 11.5 Å². The molecular weight excluding hydrogens is 274 g/mol. The Kier molecular flexibility index (Phi) is 6.36. The molecule has 0 saturated heterocycles. The average Bonchev–Trinajstić information content (AvgIpc) is 2.47. The number of hydrogen-bond acceptors (Lipinski definition) is 3. The summed E-state index contributed by atoms with van der Waals surface area (Å²) in [6, 6.07) is 14.1. The van der Waals surface area contributed by atoms with Crippen molar-refractivity contribution in [3.05, 3.63) is 48.0 Å². The van der Waals surface area contributed by atoms with E-state index in [1.807, 2.05) is 30.3 Å². The first-order valence-corrected chi connectivity index (χ1v) is 6.31. The molecule has 0 heterocycles. The van der Waals surface area contributed by atoms with Crippen molar-refractivity contribution in [3.63, 3.8) is 0 Å². The van der Waals surface area contributed by atoms with Gasteiger partial charge in [-0.25, -0.2) is 0 Å². The maximum atomic E-state index is 5.68. The van der Waals surface area contributed by atoms with Crippen LogP contribution in [0.2, 0.25) is 0 Å². The summed E-state index contributed by atoms with van der Waals surface area (Å²) in [4.78, 5) is 0. The molecule has 0 aromatic heterocycles. The summed E-state index contributed by atoms with van der Waals surface area (Å²) >= 11 is 0. The van der Waals surface area contributed by atoms with Crippen LogP contribution in [-0.2, 0) is 6.42 Å². The number of benzene rings is 2. The van der Waals surface area contributed by atoms with Crippen LogP contribution in [-0.4, -0.2) is 20.8 Å². The van der Waals surface area contributed by atoms with Gasteiger partial charge in [-0.15, -0.1) is 12.4 Å². The Morgan fingerprint density at radius 1 is 0.900 bits per heavy atom. The lowest BCUT2D eigenvalue weighted by Gasteiger charge is -2.15. The molecular formula is C16H20ClNO2. The molecule has 0 aliphatic heterocycles. The van der Waals surface area contributed by atoms with E-state index < -0.39 is 0 Å². The predicted molar refractivity (Wildman–Crippen MR) is 85.0 cm³/mol. The largest absolute Gasteiger partial charge is 0.493 e. The third kappa shape index (κ3) is 3.24. The van der Waals surface area contributed by atoms with Crippen molar-refractivity contribution in [1.29, 1.82) is 0 Å². The van der Waals surface area contributed by atoms with Crippen LogP contribution in [0.15, 0.2) is 42.5 Å². The van der Waals surface area contributed by atoms with Crippen molar-refractivity contribution in [2.24, 2.45) is 5.73 Å². The van der Waals surface area contributed by atoms with Crippen molar-refractivity contribution in [2.45, 2.75) is 6.42 Å². The predicted octanol–water partition coefficient (Wildman–Crippen LogP) is 3.29. The quantitative estimate of drug-likeness (QED) is 0.920. The molecule has 2 rings (SSSR count). The molecule has 3 nitrogen and oxygen atoms in total. The van der Waals surface area contributed by atoms with E-state index in [9.17, 15) is 0 Å². The van der Waals surface area contributed by atoms with E-state index in [0.717, 1.165) is 29.0 Å². The van der Waals surface area contributed by atoms with E-state index in [1.54, 1.807) is 14.2 Å². The van der Waals surface area contributed by atoms with Gasteiger partial charge in [-0.3, -0.25) is 0 Å². The van der Waals surface area contributed by atoms with Crippen LogP contribution >= 0.6 is 12.4 Å². The normalized spacial score (nSPS) is 9.75. The first-order chi connectivity index (χ1) is 9.31. The first-order valence-electron chi connectivity index (χ1n) is 6.31. The maximum Gasteiger partial charge on any atom is 0.168 e. The Hall–Kier alpha value is -1.71. The standard InChI is InChI=1S/C16H19NO2.ClH/c1-18-15-9-5-8-14(16(15)19-2)13-7-4-3-6-12(13)10-11-17;/h3-9H,10-11,17H2,1-2H3;1H. The van der Waals surface area contributed by atoms with E-state index in [2.05, 4.69) is 12.1 Å². The maximum absolute atomic E-state index is 5.68. The van der Waals surface area contributed by atoms with Crippen LogP contribution < -0.4 is 15.2 Å². The second-order valence-electron chi connectivity index (χ2n) is 4.24. The summed E-state index contributed by atoms with van der Waals surface area (Å²) in [6.07, 6.45) is 0.844. The molecule has 0 aliphatic rings. The molecule has 0 radical (unpaired) electrons. The Bertz CT molecular complexity index is 558. The summed E-state index contributed by atoms with van der Waals surface area (Å²) < 4.78 is 10.8. The Morgan fingerprint density at radius 2 is 1.60 bits per heavy atom. The van der Waals surface area contributed by atoms with Crippen LogP contribution in [0.25, 0.3) is 11.1 Å². The molecule has 0 atom stereocenters. The van der Waals surface area contributed by atoms with E-state index in [-0.39, 0.29) is 12.4 Å². The van der Waals surface area contributed by atoms with Crippen molar-refractivity contribution >= 4 is 12.4 Å². The number of hydrogen-bond donors (Lipinski definition) is 1. The topological polar surface area (TPSA) is 44.5 Å². The van der Waals surface area contributed by atoms with Crippen molar-refractivity contribution in [2.75, 3.05) is 20.8 Å². The molecule has 0 spiro atoms. The Morgan fingerprint density at radius 3 is 2.25 bits per heavy atom. The van der Waals surface area contributed by atoms with Crippen molar-refractivity contribution in [3.8, 4) is 22.6 Å². The highest BCUT2D eigenvalue weighted by molar-refractivity contribution is 5.85. The minimum atomic E-state index is 0. The highest BCUT2D eigenvalue weighted by atomic mass is 35.5. The molecule has 0 amide bonds. The Labute approximate surface area is 126 Å². The molecule has 2 aromatic rings. The molecule has 0 saturated carbocycles.